The average molecular weight is 429 g/mol. The van der Waals surface area contributed by atoms with E-state index in [2.05, 4.69) is 0 Å². The summed E-state index contributed by atoms with van der Waals surface area (Å²) in [4.78, 5) is 12.2. The third-order valence-electron chi connectivity index (χ3n) is 4.36. The zero-order valence-corrected chi connectivity index (χ0v) is 16.0. The molecule has 0 atom stereocenters. The third kappa shape index (κ3) is 4.95. The van der Waals surface area contributed by atoms with E-state index in [9.17, 15) is 26.4 Å². The monoisotopic (exact) mass is 429 g/mol. The van der Waals surface area contributed by atoms with Crippen LogP contribution in [-0.2, 0) is 32.3 Å². The molecule has 0 amide bonds. The number of sulfonamides is 1. The van der Waals surface area contributed by atoms with E-state index in [0.29, 0.717) is 0 Å². The first-order valence-electron chi connectivity index (χ1n) is 8.70. The number of morpholine rings is 1. The van der Waals surface area contributed by atoms with E-state index in [0.717, 1.165) is 12.1 Å². The molecule has 6 nitrogen and oxygen atoms in total. The van der Waals surface area contributed by atoms with Gasteiger partial charge in [0.1, 0.15) is 6.61 Å². The van der Waals surface area contributed by atoms with E-state index < -0.39 is 34.3 Å². The molecule has 3 rings (SSSR count). The van der Waals surface area contributed by atoms with Gasteiger partial charge in [0.05, 0.1) is 29.2 Å². The molecule has 29 heavy (non-hydrogen) atoms. The summed E-state index contributed by atoms with van der Waals surface area (Å²) in [6.07, 6.45) is -4.57. The molecule has 0 unspecified atom stereocenters. The van der Waals surface area contributed by atoms with Crippen molar-refractivity contribution < 1.29 is 35.9 Å². The zero-order chi connectivity index (χ0) is 21.1. The molecule has 0 radical (unpaired) electrons. The first kappa shape index (κ1) is 21.3. The first-order valence-corrected chi connectivity index (χ1v) is 10.1. The molecular weight excluding hydrogens is 411 g/mol. The highest BCUT2D eigenvalue weighted by atomic mass is 32.2. The molecule has 156 valence electrons. The number of benzene rings is 2. The second-order valence-corrected chi connectivity index (χ2v) is 8.21. The lowest BCUT2D eigenvalue weighted by molar-refractivity contribution is -0.138. The van der Waals surface area contributed by atoms with Gasteiger partial charge in [-0.1, -0.05) is 24.3 Å². The summed E-state index contributed by atoms with van der Waals surface area (Å²) in [7, 11) is -3.81. The van der Waals surface area contributed by atoms with E-state index >= 15 is 0 Å². The normalized spacial score (nSPS) is 15.8. The Balaban J connectivity index is 1.75. The van der Waals surface area contributed by atoms with Crippen LogP contribution < -0.4 is 0 Å². The van der Waals surface area contributed by atoms with Gasteiger partial charge in [-0.05, 0) is 24.3 Å². The van der Waals surface area contributed by atoms with Gasteiger partial charge in [-0.2, -0.15) is 17.5 Å². The molecule has 0 aliphatic carbocycles. The number of nitrogens with zero attached hydrogens (tertiary/aromatic N) is 1. The van der Waals surface area contributed by atoms with Crippen molar-refractivity contribution in [3.8, 4) is 0 Å². The predicted octanol–water partition coefficient (Wildman–Crippen LogP) is 3.08. The fourth-order valence-electron chi connectivity index (χ4n) is 2.87. The average Bonchev–Trinajstić information content (AvgIpc) is 2.72. The molecular formula is C19H18F3NO5S. The number of rotatable bonds is 5. The molecule has 1 fully saturated rings. The fourth-order valence-corrected chi connectivity index (χ4v) is 4.32. The van der Waals surface area contributed by atoms with Gasteiger partial charge in [0.25, 0.3) is 0 Å². The quantitative estimate of drug-likeness (QED) is 0.683. The second kappa shape index (κ2) is 8.52. The van der Waals surface area contributed by atoms with Crippen molar-refractivity contribution in [3.63, 3.8) is 0 Å². The number of carbonyl (C=O) groups is 1. The van der Waals surface area contributed by atoms with Crippen molar-refractivity contribution in [1.29, 1.82) is 0 Å². The molecule has 0 spiro atoms. The number of alkyl halides is 3. The summed E-state index contributed by atoms with van der Waals surface area (Å²) >= 11 is 0. The SMILES string of the molecule is O=C(OCc1ccccc1C(F)(F)F)c1cccc(S(=O)(=O)N2CCOCC2)c1. The van der Waals surface area contributed by atoms with Crippen molar-refractivity contribution in [1.82, 2.24) is 4.31 Å². The van der Waals surface area contributed by atoms with Gasteiger partial charge >= 0.3 is 12.1 Å². The zero-order valence-electron chi connectivity index (χ0n) is 15.2. The fraction of sp³-hybridized carbons (Fsp3) is 0.316. The van der Waals surface area contributed by atoms with Crippen molar-refractivity contribution in [3.05, 3.63) is 65.2 Å². The molecule has 10 heteroatoms. The Kier molecular flexibility index (Phi) is 6.25. The van der Waals surface area contributed by atoms with Gasteiger partial charge < -0.3 is 9.47 Å². The van der Waals surface area contributed by atoms with Crippen LogP contribution in [0.3, 0.4) is 0 Å². The van der Waals surface area contributed by atoms with Gasteiger partial charge in [0.15, 0.2) is 0 Å². The van der Waals surface area contributed by atoms with Gasteiger partial charge in [-0.25, -0.2) is 13.2 Å². The molecule has 2 aromatic rings. The van der Waals surface area contributed by atoms with E-state index in [1.807, 2.05) is 0 Å². The molecule has 1 aliphatic rings. The Bertz CT molecular complexity index is 985. The molecule has 2 aromatic carbocycles. The number of esters is 1. The minimum absolute atomic E-state index is 0.0659. The highest BCUT2D eigenvalue weighted by Gasteiger charge is 2.33. The maximum atomic E-state index is 13.0. The van der Waals surface area contributed by atoms with Gasteiger partial charge in [-0.15, -0.1) is 0 Å². The van der Waals surface area contributed by atoms with Crippen molar-refractivity contribution in [2.24, 2.45) is 0 Å². The predicted molar refractivity (Wildman–Crippen MR) is 96.6 cm³/mol. The van der Waals surface area contributed by atoms with Crippen LogP contribution in [0.4, 0.5) is 13.2 Å². The van der Waals surface area contributed by atoms with Crippen LogP contribution in [0.5, 0.6) is 0 Å². The minimum atomic E-state index is -4.57. The summed E-state index contributed by atoms with van der Waals surface area (Å²) in [5, 5.41) is 0. The highest BCUT2D eigenvalue weighted by molar-refractivity contribution is 7.89. The van der Waals surface area contributed by atoms with E-state index in [1.165, 1.54) is 40.7 Å². The Hall–Kier alpha value is -2.43. The lowest BCUT2D eigenvalue weighted by Gasteiger charge is -2.26. The van der Waals surface area contributed by atoms with E-state index in [-0.39, 0.29) is 42.3 Å². The molecule has 0 aromatic heterocycles. The summed E-state index contributed by atoms with van der Waals surface area (Å²) in [5.74, 6) is -0.916. The van der Waals surface area contributed by atoms with Crippen molar-refractivity contribution >= 4 is 16.0 Å². The Morgan fingerprint density at radius 1 is 1.07 bits per heavy atom. The topological polar surface area (TPSA) is 72.9 Å². The maximum Gasteiger partial charge on any atom is 0.416 e. The number of hydrogen-bond donors (Lipinski definition) is 0. The largest absolute Gasteiger partial charge is 0.457 e. The van der Waals surface area contributed by atoms with Crippen LogP contribution in [0.2, 0.25) is 0 Å². The summed E-state index contributed by atoms with van der Waals surface area (Å²) in [5.41, 5.74) is -1.15. The van der Waals surface area contributed by atoms with Crippen LogP contribution in [0.25, 0.3) is 0 Å². The van der Waals surface area contributed by atoms with Crippen molar-refractivity contribution in [2.75, 3.05) is 26.3 Å². The van der Waals surface area contributed by atoms with Crippen LogP contribution in [0, 0.1) is 0 Å². The summed E-state index contributed by atoms with van der Waals surface area (Å²) < 4.78 is 75.9. The molecule has 0 N–H and O–H groups in total. The summed E-state index contributed by atoms with van der Waals surface area (Å²) in [6.45, 7) is 0.366. The van der Waals surface area contributed by atoms with Crippen LogP contribution in [0.15, 0.2) is 53.4 Å². The van der Waals surface area contributed by atoms with Gasteiger partial charge in [-0.3, -0.25) is 0 Å². The summed E-state index contributed by atoms with van der Waals surface area (Å²) in [6, 6.07) is 10.0. The number of ether oxygens (including phenoxy) is 2. The van der Waals surface area contributed by atoms with Crippen LogP contribution >= 0.6 is 0 Å². The molecule has 1 aliphatic heterocycles. The van der Waals surface area contributed by atoms with E-state index in [1.54, 1.807) is 0 Å². The Morgan fingerprint density at radius 3 is 2.45 bits per heavy atom. The van der Waals surface area contributed by atoms with Crippen LogP contribution in [0.1, 0.15) is 21.5 Å². The highest BCUT2D eigenvalue weighted by Crippen LogP contribution is 2.32. The number of halogens is 3. The lowest BCUT2D eigenvalue weighted by Crippen LogP contribution is -2.40. The van der Waals surface area contributed by atoms with Gasteiger partial charge in [0, 0.05) is 18.7 Å². The standard InChI is InChI=1S/C19H18F3NO5S/c20-19(21,22)17-7-2-1-4-15(17)13-28-18(24)14-5-3-6-16(12-14)29(25,26)23-8-10-27-11-9-23/h1-7,12H,8-11,13H2. The molecule has 1 saturated heterocycles. The molecule has 0 saturated carbocycles. The van der Waals surface area contributed by atoms with Gasteiger partial charge in [0.2, 0.25) is 10.0 Å². The first-order chi connectivity index (χ1) is 13.7. The molecule has 1 heterocycles. The Labute approximate surface area is 165 Å². The minimum Gasteiger partial charge on any atom is -0.457 e. The van der Waals surface area contributed by atoms with E-state index in [4.69, 9.17) is 9.47 Å². The second-order valence-electron chi connectivity index (χ2n) is 6.28. The van der Waals surface area contributed by atoms with Crippen molar-refractivity contribution in [2.45, 2.75) is 17.7 Å². The number of hydrogen-bond acceptors (Lipinski definition) is 5. The number of carbonyl (C=O) groups excluding carboxylic acids is 1. The Morgan fingerprint density at radius 2 is 1.76 bits per heavy atom. The molecule has 0 bridgehead atoms. The smallest absolute Gasteiger partial charge is 0.416 e. The van der Waals surface area contributed by atoms with Crippen LogP contribution in [-0.4, -0.2) is 45.0 Å². The maximum absolute atomic E-state index is 13.0. The third-order valence-corrected chi connectivity index (χ3v) is 6.25. The lowest BCUT2D eigenvalue weighted by atomic mass is 10.1.